The molecular formula is C21H21N3O. The van der Waals surface area contributed by atoms with E-state index in [9.17, 15) is 4.79 Å². The third-order valence-corrected chi connectivity index (χ3v) is 5.63. The molecule has 0 saturated heterocycles. The summed E-state index contributed by atoms with van der Waals surface area (Å²) >= 11 is 0. The number of amides is 1. The van der Waals surface area contributed by atoms with E-state index in [4.69, 9.17) is 0 Å². The van der Waals surface area contributed by atoms with E-state index in [1.54, 1.807) is 0 Å². The number of aromatic nitrogens is 2. The Morgan fingerprint density at radius 1 is 1.08 bits per heavy atom. The van der Waals surface area contributed by atoms with E-state index in [1.807, 2.05) is 12.3 Å². The average Bonchev–Trinajstić information content (AvgIpc) is 3.40. The second-order valence-electron chi connectivity index (χ2n) is 7.28. The molecule has 2 aromatic heterocycles. The van der Waals surface area contributed by atoms with Crippen LogP contribution in [0.4, 0.5) is 0 Å². The minimum absolute atomic E-state index is 0.167. The van der Waals surface area contributed by atoms with Gasteiger partial charge in [-0.1, -0.05) is 18.2 Å². The molecule has 126 valence electrons. The number of fused-ring (bicyclic) bond motifs is 3. The molecule has 5 rings (SSSR count). The van der Waals surface area contributed by atoms with Crippen molar-refractivity contribution >= 4 is 16.9 Å². The summed E-state index contributed by atoms with van der Waals surface area (Å²) in [6, 6.07) is 10.9. The van der Waals surface area contributed by atoms with Crippen LogP contribution in [-0.4, -0.2) is 32.9 Å². The number of pyridine rings is 1. The highest BCUT2D eigenvalue weighted by Gasteiger charge is 2.39. The third kappa shape index (κ3) is 2.13. The molecular weight excluding hydrogens is 310 g/mol. The van der Waals surface area contributed by atoms with Gasteiger partial charge in [-0.05, 0) is 55.5 Å². The summed E-state index contributed by atoms with van der Waals surface area (Å²) in [5.41, 5.74) is 7.40. The zero-order valence-electron chi connectivity index (χ0n) is 14.6. The van der Waals surface area contributed by atoms with E-state index in [1.165, 1.54) is 11.1 Å². The minimum Gasteiger partial charge on any atom is -0.333 e. The predicted octanol–water partition coefficient (Wildman–Crippen LogP) is 3.94. The topological polar surface area (TPSA) is 38.1 Å². The molecule has 1 aliphatic carbocycles. The van der Waals surface area contributed by atoms with Gasteiger partial charge in [0.15, 0.2) is 0 Å². The van der Waals surface area contributed by atoms with Crippen molar-refractivity contribution in [3.05, 3.63) is 53.3 Å². The van der Waals surface area contributed by atoms with Crippen LogP contribution in [0.2, 0.25) is 0 Å². The molecule has 1 fully saturated rings. The fourth-order valence-electron chi connectivity index (χ4n) is 3.98. The molecule has 25 heavy (non-hydrogen) atoms. The first-order valence-electron chi connectivity index (χ1n) is 9.01. The van der Waals surface area contributed by atoms with Gasteiger partial charge in [-0.3, -0.25) is 9.78 Å². The monoisotopic (exact) mass is 331 g/mol. The van der Waals surface area contributed by atoms with Crippen molar-refractivity contribution in [3.8, 4) is 11.1 Å². The van der Waals surface area contributed by atoms with Crippen LogP contribution in [0.1, 0.15) is 34.5 Å². The standard InChI is InChI=1S/C21H21N3O/c1-13-5-6-15(12-14(13)2)18-19-17(4-3-9-22-19)24-11-10-23(16-7-8-16)21(25)20(18)24/h3-6,9,12,16H,7-8,10-11H2,1-2H3. The van der Waals surface area contributed by atoms with Crippen molar-refractivity contribution in [2.24, 2.45) is 0 Å². The van der Waals surface area contributed by atoms with Crippen molar-refractivity contribution in [1.29, 1.82) is 0 Å². The molecule has 0 bridgehead atoms. The molecule has 0 radical (unpaired) electrons. The number of nitrogens with zero attached hydrogens (tertiary/aromatic N) is 3. The zero-order valence-corrected chi connectivity index (χ0v) is 14.6. The highest BCUT2D eigenvalue weighted by molar-refractivity contribution is 6.09. The Morgan fingerprint density at radius 3 is 2.68 bits per heavy atom. The van der Waals surface area contributed by atoms with E-state index >= 15 is 0 Å². The van der Waals surface area contributed by atoms with Gasteiger partial charge in [0.05, 0.1) is 11.0 Å². The first kappa shape index (κ1) is 14.7. The Labute approximate surface area is 147 Å². The van der Waals surface area contributed by atoms with Gasteiger partial charge >= 0.3 is 0 Å². The quantitative estimate of drug-likeness (QED) is 0.713. The minimum atomic E-state index is 0.167. The lowest BCUT2D eigenvalue weighted by atomic mass is 9.99. The highest BCUT2D eigenvalue weighted by Crippen LogP contribution is 2.39. The molecule has 1 amide bonds. The molecule has 2 aliphatic rings. The number of benzene rings is 1. The number of hydrogen-bond acceptors (Lipinski definition) is 2. The van der Waals surface area contributed by atoms with Gasteiger partial charge in [0.25, 0.3) is 5.91 Å². The fourth-order valence-corrected chi connectivity index (χ4v) is 3.98. The maximum absolute atomic E-state index is 13.3. The summed E-state index contributed by atoms with van der Waals surface area (Å²) in [5.74, 6) is 0.167. The normalized spacial score (nSPS) is 17.2. The maximum Gasteiger partial charge on any atom is 0.271 e. The van der Waals surface area contributed by atoms with Gasteiger partial charge in [-0.2, -0.15) is 0 Å². The lowest BCUT2D eigenvalue weighted by Crippen LogP contribution is -2.41. The van der Waals surface area contributed by atoms with Crippen molar-refractivity contribution in [3.63, 3.8) is 0 Å². The van der Waals surface area contributed by atoms with Crippen LogP contribution in [0.3, 0.4) is 0 Å². The SMILES string of the molecule is Cc1ccc(-c2c3n(c4cccnc24)CCN(C2CC2)C3=O)cc1C. The Kier molecular flexibility index (Phi) is 3.05. The molecule has 3 aromatic rings. The predicted molar refractivity (Wildman–Crippen MR) is 98.7 cm³/mol. The molecule has 1 aliphatic heterocycles. The van der Waals surface area contributed by atoms with Crippen LogP contribution in [0.5, 0.6) is 0 Å². The fraction of sp³-hybridized carbons (Fsp3) is 0.333. The van der Waals surface area contributed by atoms with Gasteiger partial charge in [0, 0.05) is 30.9 Å². The molecule has 0 atom stereocenters. The van der Waals surface area contributed by atoms with Gasteiger partial charge in [-0.15, -0.1) is 0 Å². The van der Waals surface area contributed by atoms with Crippen molar-refractivity contribution in [2.75, 3.05) is 6.54 Å². The largest absolute Gasteiger partial charge is 0.333 e. The Bertz CT molecular complexity index is 1010. The average molecular weight is 331 g/mol. The smallest absolute Gasteiger partial charge is 0.271 e. The van der Waals surface area contributed by atoms with Crippen LogP contribution in [0.25, 0.3) is 22.2 Å². The Hall–Kier alpha value is -2.62. The zero-order chi connectivity index (χ0) is 17.1. The van der Waals surface area contributed by atoms with Crippen LogP contribution < -0.4 is 0 Å². The Morgan fingerprint density at radius 2 is 1.92 bits per heavy atom. The molecule has 0 spiro atoms. The summed E-state index contributed by atoms with van der Waals surface area (Å²) in [6.45, 7) is 5.89. The van der Waals surface area contributed by atoms with Crippen LogP contribution in [0, 0.1) is 13.8 Å². The van der Waals surface area contributed by atoms with E-state index in [2.05, 4.69) is 52.6 Å². The number of hydrogen-bond donors (Lipinski definition) is 0. The van der Waals surface area contributed by atoms with Crippen LogP contribution in [0.15, 0.2) is 36.5 Å². The van der Waals surface area contributed by atoms with Crippen molar-refractivity contribution < 1.29 is 4.79 Å². The van der Waals surface area contributed by atoms with Gasteiger partial charge in [0.1, 0.15) is 5.69 Å². The summed E-state index contributed by atoms with van der Waals surface area (Å²) in [6.07, 6.45) is 4.11. The van der Waals surface area contributed by atoms with Crippen molar-refractivity contribution in [1.82, 2.24) is 14.5 Å². The first-order chi connectivity index (χ1) is 12.1. The summed E-state index contributed by atoms with van der Waals surface area (Å²) < 4.78 is 2.17. The summed E-state index contributed by atoms with van der Waals surface area (Å²) in [4.78, 5) is 20.0. The van der Waals surface area contributed by atoms with Crippen LogP contribution in [-0.2, 0) is 6.54 Å². The second kappa shape index (κ2) is 5.19. The lowest BCUT2D eigenvalue weighted by Gasteiger charge is -2.29. The van der Waals surface area contributed by atoms with E-state index in [0.29, 0.717) is 6.04 Å². The molecule has 4 heteroatoms. The third-order valence-electron chi connectivity index (χ3n) is 5.63. The molecule has 1 aromatic carbocycles. The number of rotatable bonds is 2. The van der Waals surface area contributed by atoms with Gasteiger partial charge in [0.2, 0.25) is 0 Å². The first-order valence-corrected chi connectivity index (χ1v) is 9.01. The van der Waals surface area contributed by atoms with Gasteiger partial charge in [-0.25, -0.2) is 0 Å². The van der Waals surface area contributed by atoms with E-state index in [0.717, 1.165) is 53.8 Å². The molecule has 0 N–H and O–H groups in total. The lowest BCUT2D eigenvalue weighted by molar-refractivity contribution is 0.0694. The van der Waals surface area contributed by atoms with E-state index < -0.39 is 0 Å². The molecule has 1 saturated carbocycles. The number of aryl methyl sites for hydroxylation is 2. The second-order valence-corrected chi connectivity index (χ2v) is 7.28. The molecule has 3 heterocycles. The summed E-state index contributed by atoms with van der Waals surface area (Å²) in [5, 5.41) is 0. The van der Waals surface area contributed by atoms with Crippen LogP contribution >= 0.6 is 0 Å². The molecule has 0 unspecified atom stereocenters. The molecule has 4 nitrogen and oxygen atoms in total. The van der Waals surface area contributed by atoms with E-state index in [-0.39, 0.29) is 5.91 Å². The Balaban J connectivity index is 1.80. The van der Waals surface area contributed by atoms with Crippen molar-refractivity contribution in [2.45, 2.75) is 39.3 Å². The summed E-state index contributed by atoms with van der Waals surface area (Å²) in [7, 11) is 0. The van der Waals surface area contributed by atoms with Gasteiger partial charge < -0.3 is 9.47 Å². The number of carbonyl (C=O) groups is 1. The number of carbonyl (C=O) groups excluding carboxylic acids is 1. The maximum atomic E-state index is 13.3. The highest BCUT2D eigenvalue weighted by atomic mass is 16.2.